The van der Waals surface area contributed by atoms with Gasteiger partial charge in [-0.25, -0.2) is 0 Å². The van der Waals surface area contributed by atoms with Crippen LogP contribution in [-0.4, -0.2) is 23.0 Å². The molecule has 1 aromatic carbocycles. The maximum atomic E-state index is 12.3. The van der Waals surface area contributed by atoms with Gasteiger partial charge in [0.1, 0.15) is 6.04 Å². The van der Waals surface area contributed by atoms with Crippen LogP contribution in [0.2, 0.25) is 0 Å². The monoisotopic (exact) mass is 275 g/mol. The van der Waals surface area contributed by atoms with Crippen molar-refractivity contribution in [1.82, 2.24) is 5.32 Å². The summed E-state index contributed by atoms with van der Waals surface area (Å²) in [6, 6.07) is 3.09. The number of nitrogens with one attached hydrogen (secondary N) is 1. The predicted octanol–water partition coefficient (Wildman–Crippen LogP) is 1.84. The molecule has 0 radical (unpaired) electrons. The summed E-state index contributed by atoms with van der Waals surface area (Å²) in [6.45, 7) is 1.30. The van der Waals surface area contributed by atoms with Crippen molar-refractivity contribution in [2.45, 2.75) is 25.6 Å². The van der Waals surface area contributed by atoms with Gasteiger partial charge in [0.25, 0.3) is 0 Å². The SMILES string of the molecule is C[C@H](NC(=O)Cc1ccc(C(F)(F)F)cc1)C(=O)O. The molecule has 0 bridgehead atoms. The van der Waals surface area contributed by atoms with Crippen LogP contribution in [0, 0.1) is 0 Å². The van der Waals surface area contributed by atoms with Crippen molar-refractivity contribution in [3.63, 3.8) is 0 Å². The molecule has 0 aliphatic heterocycles. The highest BCUT2D eigenvalue weighted by atomic mass is 19.4. The van der Waals surface area contributed by atoms with Gasteiger partial charge in [-0.15, -0.1) is 0 Å². The van der Waals surface area contributed by atoms with Gasteiger partial charge in [-0.2, -0.15) is 13.2 Å². The number of hydrogen-bond acceptors (Lipinski definition) is 2. The maximum Gasteiger partial charge on any atom is 0.416 e. The highest BCUT2D eigenvalue weighted by Crippen LogP contribution is 2.29. The largest absolute Gasteiger partial charge is 0.480 e. The number of benzene rings is 1. The zero-order valence-electron chi connectivity index (χ0n) is 9.99. The number of rotatable bonds is 4. The number of carboxylic acids is 1. The first-order chi connectivity index (χ1) is 8.70. The molecular formula is C12H12F3NO3. The molecular weight excluding hydrogens is 263 g/mol. The van der Waals surface area contributed by atoms with Crippen LogP contribution in [0.5, 0.6) is 0 Å². The lowest BCUT2D eigenvalue weighted by Crippen LogP contribution is -2.39. The van der Waals surface area contributed by atoms with Gasteiger partial charge in [0.15, 0.2) is 0 Å². The fourth-order valence-electron chi connectivity index (χ4n) is 1.35. The highest BCUT2D eigenvalue weighted by molar-refractivity contribution is 5.84. The number of amides is 1. The summed E-state index contributed by atoms with van der Waals surface area (Å²) < 4.78 is 36.9. The van der Waals surface area contributed by atoms with E-state index < -0.39 is 29.7 Å². The normalized spacial score (nSPS) is 12.8. The van der Waals surface area contributed by atoms with E-state index in [4.69, 9.17) is 5.11 Å². The second kappa shape index (κ2) is 5.73. The van der Waals surface area contributed by atoms with E-state index >= 15 is 0 Å². The quantitative estimate of drug-likeness (QED) is 0.881. The van der Waals surface area contributed by atoms with Crippen molar-refractivity contribution >= 4 is 11.9 Å². The summed E-state index contributed by atoms with van der Waals surface area (Å²) in [5, 5.41) is 10.8. The third kappa shape index (κ3) is 4.61. The minimum Gasteiger partial charge on any atom is -0.480 e. The summed E-state index contributed by atoms with van der Waals surface area (Å²) in [6.07, 6.45) is -4.59. The second-order valence-corrected chi connectivity index (χ2v) is 4.00. The topological polar surface area (TPSA) is 66.4 Å². The Hall–Kier alpha value is -2.05. The highest BCUT2D eigenvalue weighted by Gasteiger charge is 2.30. The van der Waals surface area contributed by atoms with Crippen LogP contribution < -0.4 is 5.32 Å². The lowest BCUT2D eigenvalue weighted by Gasteiger charge is -2.10. The molecule has 2 N–H and O–H groups in total. The van der Waals surface area contributed by atoms with E-state index in [0.29, 0.717) is 5.56 Å². The maximum absolute atomic E-state index is 12.3. The molecule has 1 rings (SSSR count). The third-order valence-corrected chi connectivity index (χ3v) is 2.39. The van der Waals surface area contributed by atoms with Crippen LogP contribution in [0.15, 0.2) is 24.3 Å². The van der Waals surface area contributed by atoms with E-state index in [9.17, 15) is 22.8 Å². The van der Waals surface area contributed by atoms with Crippen LogP contribution in [0.3, 0.4) is 0 Å². The van der Waals surface area contributed by atoms with E-state index in [1.54, 1.807) is 0 Å². The Kier molecular flexibility index (Phi) is 4.52. The molecule has 0 aliphatic rings. The van der Waals surface area contributed by atoms with E-state index in [1.807, 2.05) is 0 Å². The van der Waals surface area contributed by atoms with Gasteiger partial charge in [-0.1, -0.05) is 12.1 Å². The molecule has 0 heterocycles. The summed E-state index contributed by atoms with van der Waals surface area (Å²) in [7, 11) is 0. The van der Waals surface area contributed by atoms with Crippen LogP contribution in [0.1, 0.15) is 18.1 Å². The van der Waals surface area contributed by atoms with Gasteiger partial charge >= 0.3 is 12.1 Å². The zero-order chi connectivity index (χ0) is 14.6. The fraction of sp³-hybridized carbons (Fsp3) is 0.333. The molecule has 0 saturated heterocycles. The van der Waals surface area contributed by atoms with Crippen molar-refractivity contribution in [1.29, 1.82) is 0 Å². The van der Waals surface area contributed by atoms with Crippen LogP contribution in [0.25, 0.3) is 0 Å². The second-order valence-electron chi connectivity index (χ2n) is 4.00. The van der Waals surface area contributed by atoms with Crippen molar-refractivity contribution in [2.24, 2.45) is 0 Å². The van der Waals surface area contributed by atoms with Crippen LogP contribution in [-0.2, 0) is 22.2 Å². The first-order valence-electron chi connectivity index (χ1n) is 5.38. The van der Waals surface area contributed by atoms with Gasteiger partial charge < -0.3 is 10.4 Å². The molecule has 0 spiro atoms. The smallest absolute Gasteiger partial charge is 0.416 e. The Balaban J connectivity index is 2.63. The molecule has 0 aliphatic carbocycles. The van der Waals surface area contributed by atoms with Crippen molar-refractivity contribution in [3.8, 4) is 0 Å². The van der Waals surface area contributed by atoms with E-state index in [-0.39, 0.29) is 6.42 Å². The summed E-state index contributed by atoms with van der Waals surface area (Å²) in [4.78, 5) is 21.9. The van der Waals surface area contributed by atoms with Crippen molar-refractivity contribution < 1.29 is 27.9 Å². The number of alkyl halides is 3. The number of carboxylic acid groups (broad SMARTS) is 1. The number of carbonyl (C=O) groups excluding carboxylic acids is 1. The molecule has 0 fully saturated rings. The Morgan fingerprint density at radius 1 is 1.26 bits per heavy atom. The number of halogens is 3. The standard InChI is InChI=1S/C12H12F3NO3/c1-7(11(18)19)16-10(17)6-8-2-4-9(5-3-8)12(13,14)15/h2-5,7H,6H2,1H3,(H,16,17)(H,18,19)/t7-/m0/s1. The minimum absolute atomic E-state index is 0.171. The molecule has 1 aromatic rings. The lowest BCUT2D eigenvalue weighted by atomic mass is 10.1. The number of hydrogen-bond donors (Lipinski definition) is 2. The molecule has 0 unspecified atom stereocenters. The van der Waals surface area contributed by atoms with E-state index in [2.05, 4.69) is 5.32 Å². The van der Waals surface area contributed by atoms with Gasteiger partial charge in [0.05, 0.1) is 12.0 Å². The Labute approximate surface area is 107 Å². The van der Waals surface area contributed by atoms with Crippen molar-refractivity contribution in [3.05, 3.63) is 35.4 Å². The summed E-state index contributed by atoms with van der Waals surface area (Å²) in [5.41, 5.74) is -0.418. The molecule has 4 nitrogen and oxygen atoms in total. The average Bonchev–Trinajstić information content (AvgIpc) is 2.28. The predicted molar refractivity (Wildman–Crippen MR) is 60.4 cm³/mol. The minimum atomic E-state index is -4.42. The molecule has 19 heavy (non-hydrogen) atoms. The van der Waals surface area contributed by atoms with Crippen LogP contribution in [0.4, 0.5) is 13.2 Å². The van der Waals surface area contributed by atoms with Crippen LogP contribution >= 0.6 is 0 Å². The van der Waals surface area contributed by atoms with E-state index in [0.717, 1.165) is 12.1 Å². The molecule has 7 heteroatoms. The zero-order valence-corrected chi connectivity index (χ0v) is 9.99. The number of carbonyl (C=O) groups is 2. The first-order valence-corrected chi connectivity index (χ1v) is 5.38. The van der Waals surface area contributed by atoms with E-state index in [1.165, 1.54) is 19.1 Å². The average molecular weight is 275 g/mol. The van der Waals surface area contributed by atoms with Crippen molar-refractivity contribution in [2.75, 3.05) is 0 Å². The molecule has 1 atom stereocenters. The molecule has 0 aromatic heterocycles. The Morgan fingerprint density at radius 3 is 2.21 bits per heavy atom. The fourth-order valence-corrected chi connectivity index (χ4v) is 1.35. The van der Waals surface area contributed by atoms with Gasteiger partial charge in [0.2, 0.25) is 5.91 Å². The summed E-state index contributed by atoms with van der Waals surface area (Å²) >= 11 is 0. The molecule has 1 amide bonds. The number of aliphatic carboxylic acids is 1. The molecule has 0 saturated carbocycles. The lowest BCUT2D eigenvalue weighted by molar-refractivity contribution is -0.141. The first kappa shape index (κ1) is 15.0. The summed E-state index contributed by atoms with van der Waals surface area (Å²) in [5.74, 6) is -1.74. The van der Waals surface area contributed by atoms with Gasteiger partial charge in [-0.3, -0.25) is 9.59 Å². The molecule has 104 valence electrons. The third-order valence-electron chi connectivity index (χ3n) is 2.39. The Morgan fingerprint density at radius 2 is 1.79 bits per heavy atom. The van der Waals surface area contributed by atoms with Gasteiger partial charge in [-0.05, 0) is 24.6 Å². The Bertz CT molecular complexity index is 468. The van der Waals surface area contributed by atoms with Gasteiger partial charge in [0, 0.05) is 0 Å².